The summed E-state index contributed by atoms with van der Waals surface area (Å²) in [7, 11) is 1.50. The molecule has 1 unspecified atom stereocenters. The molecule has 1 heterocycles. The predicted octanol–water partition coefficient (Wildman–Crippen LogP) is 1.30. The highest BCUT2D eigenvalue weighted by Gasteiger charge is 2.20. The number of carboxylic acid groups (broad SMARTS) is 1. The van der Waals surface area contributed by atoms with Crippen LogP contribution in [-0.2, 0) is 4.79 Å². The Morgan fingerprint density at radius 2 is 2.25 bits per heavy atom. The van der Waals surface area contributed by atoms with Crippen LogP contribution in [0.25, 0.3) is 0 Å². The molecule has 2 N–H and O–H groups in total. The molecule has 0 aliphatic carbocycles. The summed E-state index contributed by atoms with van der Waals surface area (Å²) in [6.07, 6.45) is 1.29. The van der Waals surface area contributed by atoms with Crippen LogP contribution in [-0.4, -0.2) is 37.2 Å². The van der Waals surface area contributed by atoms with Crippen molar-refractivity contribution in [1.82, 2.24) is 5.32 Å². The van der Waals surface area contributed by atoms with Crippen LogP contribution in [0.2, 0.25) is 0 Å². The average molecular weight is 279 g/mol. The third kappa shape index (κ3) is 3.40. The van der Waals surface area contributed by atoms with Gasteiger partial charge in [-0.3, -0.25) is 4.79 Å². The van der Waals surface area contributed by atoms with Crippen molar-refractivity contribution < 1.29 is 24.2 Å². The molecule has 1 aromatic rings. The highest BCUT2D eigenvalue weighted by Crippen LogP contribution is 2.29. The van der Waals surface area contributed by atoms with Gasteiger partial charge < -0.3 is 19.9 Å². The summed E-state index contributed by atoms with van der Waals surface area (Å²) >= 11 is 0. The van der Waals surface area contributed by atoms with Gasteiger partial charge in [0.15, 0.2) is 11.5 Å². The molecule has 20 heavy (non-hydrogen) atoms. The second kappa shape index (κ2) is 6.27. The minimum atomic E-state index is -1.02. The number of benzene rings is 1. The second-order valence-corrected chi connectivity index (χ2v) is 4.69. The van der Waals surface area contributed by atoms with Gasteiger partial charge in [-0.1, -0.05) is 0 Å². The molecule has 6 heteroatoms. The van der Waals surface area contributed by atoms with Crippen molar-refractivity contribution in [3.63, 3.8) is 0 Å². The van der Waals surface area contributed by atoms with Gasteiger partial charge in [0.05, 0.1) is 19.3 Å². The number of piperidine rings is 1. The van der Waals surface area contributed by atoms with Gasteiger partial charge in [-0.2, -0.15) is 0 Å². The third-order valence-corrected chi connectivity index (χ3v) is 3.23. The van der Waals surface area contributed by atoms with Gasteiger partial charge in [-0.05, 0) is 24.6 Å². The van der Waals surface area contributed by atoms with Gasteiger partial charge in [0, 0.05) is 18.9 Å². The van der Waals surface area contributed by atoms with Crippen molar-refractivity contribution in [2.24, 2.45) is 5.92 Å². The molecule has 2 rings (SSSR count). The zero-order chi connectivity index (χ0) is 14.5. The van der Waals surface area contributed by atoms with E-state index in [-0.39, 0.29) is 17.4 Å². The topological polar surface area (TPSA) is 84.9 Å². The Morgan fingerprint density at radius 3 is 2.90 bits per heavy atom. The van der Waals surface area contributed by atoms with Gasteiger partial charge >= 0.3 is 5.97 Å². The molecule has 1 atom stereocenters. The van der Waals surface area contributed by atoms with Gasteiger partial charge in [0.1, 0.15) is 0 Å². The lowest BCUT2D eigenvalue weighted by atomic mass is 9.99. The fraction of sp³-hybridized carbons (Fsp3) is 0.429. The van der Waals surface area contributed by atoms with E-state index in [0.29, 0.717) is 31.1 Å². The molecule has 0 aromatic heterocycles. The monoisotopic (exact) mass is 279 g/mol. The number of ether oxygens (including phenoxy) is 2. The number of nitrogens with one attached hydrogen (secondary N) is 1. The van der Waals surface area contributed by atoms with Gasteiger partial charge in [0.2, 0.25) is 5.91 Å². The molecule has 1 aromatic carbocycles. The summed E-state index contributed by atoms with van der Waals surface area (Å²) in [6, 6.07) is 4.46. The molecule has 108 valence electrons. The van der Waals surface area contributed by atoms with E-state index in [1.54, 1.807) is 6.07 Å². The molecule has 0 saturated carbocycles. The lowest BCUT2D eigenvalue weighted by molar-refractivity contribution is -0.123. The fourth-order valence-electron chi connectivity index (χ4n) is 2.12. The smallest absolute Gasteiger partial charge is 0.335 e. The second-order valence-electron chi connectivity index (χ2n) is 4.69. The number of hydrogen-bond donors (Lipinski definition) is 2. The van der Waals surface area contributed by atoms with Crippen LogP contribution in [0.5, 0.6) is 11.5 Å². The first-order valence-corrected chi connectivity index (χ1v) is 6.41. The highest BCUT2D eigenvalue weighted by atomic mass is 16.5. The minimum Gasteiger partial charge on any atom is -0.493 e. The molecule has 6 nitrogen and oxygen atoms in total. The number of carboxylic acids is 1. The zero-order valence-electron chi connectivity index (χ0n) is 11.2. The summed E-state index contributed by atoms with van der Waals surface area (Å²) in [5.74, 6) is 0.0150. The number of aromatic carboxylic acids is 1. The van der Waals surface area contributed by atoms with E-state index in [2.05, 4.69) is 5.32 Å². The number of rotatable bonds is 5. The quantitative estimate of drug-likeness (QED) is 0.848. The van der Waals surface area contributed by atoms with Crippen molar-refractivity contribution in [3.05, 3.63) is 23.8 Å². The molecule has 0 bridgehead atoms. The summed E-state index contributed by atoms with van der Waals surface area (Å²) in [4.78, 5) is 22.2. The zero-order valence-corrected chi connectivity index (χ0v) is 11.2. The molecule has 1 aliphatic heterocycles. The average Bonchev–Trinajstić information content (AvgIpc) is 2.44. The molecule has 1 amide bonds. The standard InChI is InChI=1S/C14H17NO5/c1-19-11-3-2-10(14(17)18)7-12(11)20-8-9-4-5-15-13(16)6-9/h2-3,7,9H,4-6,8H2,1H3,(H,15,16)(H,17,18). The maximum absolute atomic E-state index is 11.3. The number of carbonyl (C=O) groups excluding carboxylic acids is 1. The van der Waals surface area contributed by atoms with Crippen LogP contribution in [0.4, 0.5) is 0 Å². The molecule has 1 saturated heterocycles. The molecular formula is C14H17NO5. The van der Waals surface area contributed by atoms with E-state index in [0.717, 1.165) is 6.42 Å². The summed E-state index contributed by atoms with van der Waals surface area (Å²) in [6.45, 7) is 1.02. The van der Waals surface area contributed by atoms with Gasteiger partial charge in [-0.15, -0.1) is 0 Å². The van der Waals surface area contributed by atoms with Crippen molar-refractivity contribution in [2.75, 3.05) is 20.3 Å². The summed E-state index contributed by atoms with van der Waals surface area (Å²) < 4.78 is 10.8. The van der Waals surface area contributed by atoms with Gasteiger partial charge in [0.25, 0.3) is 0 Å². The molecule has 0 radical (unpaired) electrons. The van der Waals surface area contributed by atoms with E-state index < -0.39 is 5.97 Å². The Morgan fingerprint density at radius 1 is 1.45 bits per heavy atom. The van der Waals surface area contributed by atoms with E-state index in [1.165, 1.54) is 19.2 Å². The minimum absolute atomic E-state index is 0.0242. The Kier molecular flexibility index (Phi) is 4.45. The van der Waals surface area contributed by atoms with Crippen molar-refractivity contribution in [3.8, 4) is 11.5 Å². The van der Waals surface area contributed by atoms with Crippen molar-refractivity contribution in [1.29, 1.82) is 0 Å². The first-order valence-electron chi connectivity index (χ1n) is 6.41. The maximum atomic E-state index is 11.3. The Hall–Kier alpha value is -2.24. The van der Waals surface area contributed by atoms with Crippen LogP contribution in [0, 0.1) is 5.92 Å². The fourth-order valence-corrected chi connectivity index (χ4v) is 2.12. The first kappa shape index (κ1) is 14.2. The SMILES string of the molecule is COc1ccc(C(=O)O)cc1OCC1CCNC(=O)C1. The summed E-state index contributed by atoms with van der Waals surface area (Å²) in [5.41, 5.74) is 0.141. The van der Waals surface area contributed by atoms with Crippen LogP contribution in [0.1, 0.15) is 23.2 Å². The van der Waals surface area contributed by atoms with E-state index in [1.807, 2.05) is 0 Å². The van der Waals surface area contributed by atoms with Crippen LogP contribution >= 0.6 is 0 Å². The Balaban J connectivity index is 2.05. The van der Waals surface area contributed by atoms with Crippen molar-refractivity contribution in [2.45, 2.75) is 12.8 Å². The van der Waals surface area contributed by atoms with E-state index >= 15 is 0 Å². The van der Waals surface area contributed by atoms with E-state index in [9.17, 15) is 9.59 Å². The third-order valence-electron chi connectivity index (χ3n) is 3.23. The lowest BCUT2D eigenvalue weighted by Crippen LogP contribution is -2.35. The lowest BCUT2D eigenvalue weighted by Gasteiger charge is -2.22. The van der Waals surface area contributed by atoms with Crippen molar-refractivity contribution >= 4 is 11.9 Å². The number of amides is 1. The van der Waals surface area contributed by atoms with Crippen LogP contribution < -0.4 is 14.8 Å². The predicted molar refractivity (Wildman–Crippen MR) is 71.2 cm³/mol. The Bertz CT molecular complexity index is 514. The molecular weight excluding hydrogens is 262 g/mol. The largest absolute Gasteiger partial charge is 0.493 e. The first-order chi connectivity index (χ1) is 9.60. The van der Waals surface area contributed by atoms with Gasteiger partial charge in [-0.25, -0.2) is 4.79 Å². The Labute approximate surface area is 116 Å². The summed E-state index contributed by atoms with van der Waals surface area (Å²) in [5, 5.41) is 11.7. The normalized spacial score (nSPS) is 18.2. The molecule has 0 spiro atoms. The van der Waals surface area contributed by atoms with Crippen LogP contribution in [0.3, 0.4) is 0 Å². The van der Waals surface area contributed by atoms with Crippen LogP contribution in [0.15, 0.2) is 18.2 Å². The number of methoxy groups -OCH3 is 1. The number of carbonyl (C=O) groups is 2. The molecule has 1 fully saturated rings. The number of hydrogen-bond acceptors (Lipinski definition) is 4. The molecule has 1 aliphatic rings. The maximum Gasteiger partial charge on any atom is 0.335 e. The van der Waals surface area contributed by atoms with E-state index in [4.69, 9.17) is 14.6 Å². The highest BCUT2D eigenvalue weighted by molar-refractivity contribution is 5.88.